The van der Waals surface area contributed by atoms with E-state index in [1.54, 1.807) is 31.3 Å². The molecule has 0 fully saturated rings. The number of anilines is 2. The smallest absolute Gasteiger partial charge is 0.326 e. The molecule has 0 aliphatic carbocycles. The lowest BCUT2D eigenvalue weighted by atomic mass is 10.2. The van der Waals surface area contributed by atoms with Gasteiger partial charge < -0.3 is 19.4 Å². The summed E-state index contributed by atoms with van der Waals surface area (Å²) in [6.07, 6.45) is 4.30. The summed E-state index contributed by atoms with van der Waals surface area (Å²) in [5.74, 6) is 2.92. The van der Waals surface area contributed by atoms with Crippen molar-refractivity contribution in [2.45, 2.75) is 45.7 Å². The van der Waals surface area contributed by atoms with Gasteiger partial charge in [0, 0.05) is 30.4 Å². The minimum Gasteiger partial charge on any atom is -0.493 e. The number of benzene rings is 2. The molecule has 1 aliphatic heterocycles. The fraction of sp³-hybridized carbons (Fsp3) is 0.375. The molecule has 0 bridgehead atoms. The van der Waals surface area contributed by atoms with Crippen LogP contribution in [0.5, 0.6) is 11.5 Å². The van der Waals surface area contributed by atoms with E-state index in [2.05, 4.69) is 20.1 Å². The molecule has 3 aromatic rings. The molecule has 0 spiro atoms. The SMILES string of the molecule is COc1ccc(N(Cc2nnc3n2CCCCC3)C(=O)Nc2ccccc2C)cc1OC. The molecule has 32 heavy (non-hydrogen) atoms. The highest BCUT2D eigenvalue weighted by molar-refractivity contribution is 6.02. The second-order valence-electron chi connectivity index (χ2n) is 7.87. The van der Waals surface area contributed by atoms with Crippen molar-refractivity contribution in [2.75, 3.05) is 24.4 Å². The first-order valence-corrected chi connectivity index (χ1v) is 10.9. The van der Waals surface area contributed by atoms with Crippen LogP contribution in [0.25, 0.3) is 0 Å². The third-order valence-corrected chi connectivity index (χ3v) is 5.80. The molecule has 1 N–H and O–H groups in total. The molecule has 1 aliphatic rings. The number of nitrogens with one attached hydrogen (secondary N) is 1. The van der Waals surface area contributed by atoms with Crippen LogP contribution < -0.4 is 19.7 Å². The van der Waals surface area contributed by atoms with Crippen molar-refractivity contribution in [3.63, 3.8) is 0 Å². The van der Waals surface area contributed by atoms with Crippen LogP contribution in [-0.2, 0) is 19.5 Å². The van der Waals surface area contributed by atoms with Crippen molar-refractivity contribution in [3.8, 4) is 11.5 Å². The highest BCUT2D eigenvalue weighted by Crippen LogP contribution is 2.32. The summed E-state index contributed by atoms with van der Waals surface area (Å²) >= 11 is 0. The van der Waals surface area contributed by atoms with Crippen molar-refractivity contribution in [1.29, 1.82) is 0 Å². The molecule has 0 radical (unpaired) electrons. The molecular formula is C24H29N5O3. The number of hydrogen-bond acceptors (Lipinski definition) is 5. The zero-order valence-corrected chi connectivity index (χ0v) is 18.8. The van der Waals surface area contributed by atoms with E-state index in [-0.39, 0.29) is 6.03 Å². The lowest BCUT2D eigenvalue weighted by Crippen LogP contribution is -2.35. The van der Waals surface area contributed by atoms with Gasteiger partial charge in [0.1, 0.15) is 5.82 Å². The van der Waals surface area contributed by atoms with Crippen molar-refractivity contribution in [2.24, 2.45) is 0 Å². The van der Waals surface area contributed by atoms with Gasteiger partial charge in [0.25, 0.3) is 0 Å². The first kappa shape index (κ1) is 21.7. The third kappa shape index (κ3) is 4.54. The quantitative estimate of drug-likeness (QED) is 0.613. The fourth-order valence-electron chi connectivity index (χ4n) is 3.97. The number of aryl methyl sites for hydroxylation is 2. The number of aromatic nitrogens is 3. The first-order valence-electron chi connectivity index (χ1n) is 10.9. The number of carbonyl (C=O) groups excluding carboxylic acids is 1. The molecule has 168 valence electrons. The van der Waals surface area contributed by atoms with Crippen LogP contribution in [0.15, 0.2) is 42.5 Å². The van der Waals surface area contributed by atoms with E-state index in [4.69, 9.17) is 9.47 Å². The van der Waals surface area contributed by atoms with Crippen molar-refractivity contribution < 1.29 is 14.3 Å². The van der Waals surface area contributed by atoms with Crippen LogP contribution in [0.1, 0.15) is 36.5 Å². The highest BCUT2D eigenvalue weighted by atomic mass is 16.5. The molecule has 0 atom stereocenters. The summed E-state index contributed by atoms with van der Waals surface area (Å²) in [6.45, 7) is 3.13. The lowest BCUT2D eigenvalue weighted by molar-refractivity contribution is 0.256. The minimum atomic E-state index is -0.252. The number of ether oxygens (including phenoxy) is 2. The number of urea groups is 1. The van der Waals surface area contributed by atoms with Gasteiger partial charge in [0.05, 0.1) is 20.8 Å². The number of hydrogen-bond donors (Lipinski definition) is 1. The number of rotatable bonds is 6. The largest absolute Gasteiger partial charge is 0.493 e. The number of fused-ring (bicyclic) bond motifs is 1. The van der Waals surface area contributed by atoms with Gasteiger partial charge >= 0.3 is 6.03 Å². The maximum absolute atomic E-state index is 13.5. The molecule has 2 aromatic carbocycles. The van der Waals surface area contributed by atoms with Crippen LogP contribution in [0.2, 0.25) is 0 Å². The van der Waals surface area contributed by atoms with Crippen molar-refractivity contribution in [1.82, 2.24) is 14.8 Å². The zero-order valence-electron chi connectivity index (χ0n) is 18.8. The van der Waals surface area contributed by atoms with E-state index in [1.165, 1.54) is 6.42 Å². The predicted octanol–water partition coefficient (Wildman–Crippen LogP) is 4.57. The van der Waals surface area contributed by atoms with E-state index in [0.29, 0.717) is 23.7 Å². The van der Waals surface area contributed by atoms with Gasteiger partial charge in [-0.25, -0.2) is 4.79 Å². The standard InChI is InChI=1S/C24H29N5O3/c1-17-9-6-7-10-19(17)25-24(30)29(18-12-13-20(31-2)21(15-18)32-3)16-23-27-26-22-11-5-4-8-14-28(22)23/h6-7,9-10,12-13,15H,4-5,8,11,14,16H2,1-3H3,(H,25,30). The first-order chi connectivity index (χ1) is 15.6. The third-order valence-electron chi connectivity index (χ3n) is 5.80. The van der Waals surface area contributed by atoms with Crippen molar-refractivity contribution in [3.05, 3.63) is 59.7 Å². The highest BCUT2D eigenvalue weighted by Gasteiger charge is 2.23. The number of nitrogens with zero attached hydrogens (tertiary/aromatic N) is 4. The Morgan fingerprint density at radius 1 is 1.06 bits per heavy atom. The molecule has 4 rings (SSSR count). The van der Waals surface area contributed by atoms with Gasteiger partial charge in [-0.1, -0.05) is 24.6 Å². The van der Waals surface area contributed by atoms with Crippen molar-refractivity contribution >= 4 is 17.4 Å². The Hall–Kier alpha value is -3.55. The molecule has 2 heterocycles. The van der Waals surface area contributed by atoms with Gasteiger partial charge in [-0.15, -0.1) is 10.2 Å². The van der Waals surface area contributed by atoms with Crippen LogP contribution in [0, 0.1) is 6.92 Å². The number of carbonyl (C=O) groups is 1. The molecule has 0 unspecified atom stereocenters. The average molecular weight is 436 g/mol. The molecule has 2 amide bonds. The second kappa shape index (κ2) is 9.72. The van der Waals surface area contributed by atoms with E-state index in [9.17, 15) is 4.79 Å². The van der Waals surface area contributed by atoms with E-state index in [0.717, 1.165) is 48.7 Å². The maximum Gasteiger partial charge on any atom is 0.326 e. The predicted molar refractivity (Wildman–Crippen MR) is 124 cm³/mol. The summed E-state index contributed by atoms with van der Waals surface area (Å²) in [6, 6.07) is 12.9. The van der Waals surface area contributed by atoms with E-state index >= 15 is 0 Å². The van der Waals surface area contributed by atoms with Gasteiger partial charge in [-0.2, -0.15) is 0 Å². The van der Waals surface area contributed by atoms with Crippen LogP contribution >= 0.6 is 0 Å². The molecule has 0 saturated carbocycles. The Morgan fingerprint density at radius 3 is 2.66 bits per heavy atom. The second-order valence-corrected chi connectivity index (χ2v) is 7.87. The Balaban J connectivity index is 1.69. The summed E-state index contributed by atoms with van der Waals surface area (Å²) in [4.78, 5) is 15.1. The van der Waals surface area contributed by atoms with Gasteiger partial charge in [0.15, 0.2) is 17.3 Å². The summed E-state index contributed by atoms with van der Waals surface area (Å²) in [7, 11) is 3.17. The van der Waals surface area contributed by atoms with E-state index < -0.39 is 0 Å². The average Bonchev–Trinajstić information content (AvgIpc) is 3.03. The Labute approximate surface area is 188 Å². The molecular weight excluding hydrogens is 406 g/mol. The molecule has 8 nitrogen and oxygen atoms in total. The normalized spacial score (nSPS) is 13.1. The van der Waals surface area contributed by atoms with Gasteiger partial charge in [0.2, 0.25) is 0 Å². The van der Waals surface area contributed by atoms with Crippen LogP contribution in [0.4, 0.5) is 16.2 Å². The number of amides is 2. The van der Waals surface area contributed by atoms with Crippen LogP contribution in [-0.4, -0.2) is 35.0 Å². The monoisotopic (exact) mass is 435 g/mol. The topological polar surface area (TPSA) is 81.5 Å². The number of methoxy groups -OCH3 is 2. The zero-order chi connectivity index (χ0) is 22.5. The fourth-order valence-corrected chi connectivity index (χ4v) is 3.97. The van der Waals surface area contributed by atoms with E-state index in [1.807, 2.05) is 37.3 Å². The van der Waals surface area contributed by atoms with Gasteiger partial charge in [-0.3, -0.25) is 4.90 Å². The molecule has 1 aromatic heterocycles. The Morgan fingerprint density at radius 2 is 1.88 bits per heavy atom. The maximum atomic E-state index is 13.5. The summed E-state index contributed by atoms with van der Waals surface area (Å²) in [5.41, 5.74) is 2.44. The molecule has 8 heteroatoms. The lowest BCUT2D eigenvalue weighted by Gasteiger charge is -2.24. The summed E-state index contributed by atoms with van der Waals surface area (Å²) < 4.78 is 13.0. The minimum absolute atomic E-state index is 0.252. The molecule has 0 saturated heterocycles. The Kier molecular flexibility index (Phi) is 6.58. The Bertz CT molecular complexity index is 1090. The van der Waals surface area contributed by atoms with Crippen LogP contribution in [0.3, 0.4) is 0 Å². The summed E-state index contributed by atoms with van der Waals surface area (Å²) in [5, 5.41) is 11.9. The number of para-hydroxylation sites is 1. The van der Waals surface area contributed by atoms with Gasteiger partial charge in [-0.05, 0) is 43.5 Å².